The summed E-state index contributed by atoms with van der Waals surface area (Å²) in [6, 6.07) is 0. The van der Waals surface area contributed by atoms with E-state index in [0.29, 0.717) is 17.4 Å². The lowest BCUT2D eigenvalue weighted by atomic mass is 10.4. The zero-order chi connectivity index (χ0) is 12.2. The summed E-state index contributed by atoms with van der Waals surface area (Å²) in [7, 11) is -2.96. The first-order valence-electron chi connectivity index (χ1n) is 4.86. The lowest BCUT2D eigenvalue weighted by Crippen LogP contribution is -2.22. The molecule has 0 saturated heterocycles. The van der Waals surface area contributed by atoms with Crippen LogP contribution in [0, 0.1) is 0 Å². The number of nitrogens with zero attached hydrogens (tertiary/aromatic N) is 2. The minimum atomic E-state index is -2.96. The van der Waals surface area contributed by atoms with E-state index in [4.69, 9.17) is 0 Å². The minimum Gasteiger partial charge on any atom is -0.298 e. The van der Waals surface area contributed by atoms with E-state index in [1.54, 1.807) is 6.92 Å². The SMILES string of the molecule is CCS(=O)(=O)CCCn1cncc(Br)c1=O. The van der Waals surface area contributed by atoms with Crippen LogP contribution in [0.3, 0.4) is 0 Å². The van der Waals surface area contributed by atoms with Crippen molar-refractivity contribution in [3.8, 4) is 0 Å². The van der Waals surface area contributed by atoms with Gasteiger partial charge in [-0.2, -0.15) is 0 Å². The van der Waals surface area contributed by atoms with E-state index >= 15 is 0 Å². The second-order valence-electron chi connectivity index (χ2n) is 3.33. The first kappa shape index (κ1) is 13.4. The van der Waals surface area contributed by atoms with Crippen molar-refractivity contribution in [1.29, 1.82) is 0 Å². The zero-order valence-corrected chi connectivity index (χ0v) is 11.3. The molecule has 0 radical (unpaired) electrons. The van der Waals surface area contributed by atoms with Gasteiger partial charge in [0.15, 0.2) is 0 Å². The number of halogens is 1. The van der Waals surface area contributed by atoms with Crippen LogP contribution in [-0.2, 0) is 16.4 Å². The molecule has 0 aromatic carbocycles. The van der Waals surface area contributed by atoms with Crippen LogP contribution in [0.4, 0.5) is 0 Å². The van der Waals surface area contributed by atoms with E-state index in [0.717, 1.165) is 0 Å². The molecule has 0 aliphatic heterocycles. The molecule has 0 bridgehead atoms. The minimum absolute atomic E-state index is 0.0997. The molecule has 0 atom stereocenters. The predicted molar refractivity (Wildman–Crippen MR) is 65.1 cm³/mol. The van der Waals surface area contributed by atoms with Crippen LogP contribution in [0.25, 0.3) is 0 Å². The van der Waals surface area contributed by atoms with E-state index in [1.807, 2.05) is 0 Å². The summed E-state index contributed by atoms with van der Waals surface area (Å²) in [5.41, 5.74) is -0.191. The van der Waals surface area contributed by atoms with Gasteiger partial charge in [0.1, 0.15) is 14.3 Å². The number of aromatic nitrogens is 2. The molecule has 1 aromatic rings. The first-order chi connectivity index (χ1) is 7.46. The highest BCUT2D eigenvalue weighted by molar-refractivity contribution is 9.10. The Labute approximate surface area is 103 Å². The van der Waals surface area contributed by atoms with Gasteiger partial charge in [-0.25, -0.2) is 13.4 Å². The fourth-order valence-corrected chi connectivity index (χ4v) is 2.39. The highest BCUT2D eigenvalue weighted by Crippen LogP contribution is 2.00. The Bertz CT molecular complexity index is 510. The van der Waals surface area contributed by atoms with Crippen molar-refractivity contribution in [2.45, 2.75) is 19.9 Å². The Morgan fingerprint density at radius 1 is 1.50 bits per heavy atom. The standard InChI is InChI=1S/C9H13BrN2O3S/c1-2-16(14,15)5-3-4-12-7-11-6-8(10)9(12)13/h6-7H,2-5H2,1H3. The molecular weight excluding hydrogens is 296 g/mol. The largest absolute Gasteiger partial charge is 0.298 e. The maximum Gasteiger partial charge on any atom is 0.267 e. The van der Waals surface area contributed by atoms with Crippen molar-refractivity contribution in [3.63, 3.8) is 0 Å². The molecule has 0 saturated carbocycles. The molecule has 0 amide bonds. The van der Waals surface area contributed by atoms with Crippen LogP contribution in [-0.4, -0.2) is 29.5 Å². The van der Waals surface area contributed by atoms with Gasteiger partial charge in [0.05, 0.1) is 12.1 Å². The third-order valence-electron chi connectivity index (χ3n) is 2.15. The third-order valence-corrected chi connectivity index (χ3v) is 4.49. The summed E-state index contributed by atoms with van der Waals surface area (Å²) in [6.45, 7) is 1.98. The first-order valence-corrected chi connectivity index (χ1v) is 7.48. The van der Waals surface area contributed by atoms with E-state index in [1.165, 1.54) is 17.1 Å². The summed E-state index contributed by atoms with van der Waals surface area (Å²) in [4.78, 5) is 15.4. The molecule has 90 valence electrons. The van der Waals surface area contributed by atoms with Gasteiger partial charge < -0.3 is 0 Å². The zero-order valence-electron chi connectivity index (χ0n) is 8.89. The van der Waals surface area contributed by atoms with Gasteiger partial charge in [-0.1, -0.05) is 6.92 Å². The Morgan fingerprint density at radius 3 is 2.81 bits per heavy atom. The fraction of sp³-hybridized carbons (Fsp3) is 0.556. The fourth-order valence-electron chi connectivity index (χ4n) is 1.18. The second kappa shape index (κ2) is 5.58. The molecule has 7 heteroatoms. The lowest BCUT2D eigenvalue weighted by molar-refractivity contribution is 0.583. The molecule has 0 fully saturated rings. The normalized spacial score (nSPS) is 11.6. The molecule has 1 aromatic heterocycles. The average Bonchev–Trinajstić information content (AvgIpc) is 2.24. The van der Waals surface area contributed by atoms with Crippen molar-refractivity contribution in [1.82, 2.24) is 9.55 Å². The van der Waals surface area contributed by atoms with Gasteiger partial charge in [0.2, 0.25) is 0 Å². The molecule has 0 spiro atoms. The number of hydrogen-bond acceptors (Lipinski definition) is 4. The average molecular weight is 309 g/mol. The van der Waals surface area contributed by atoms with Gasteiger partial charge in [-0.05, 0) is 22.4 Å². The van der Waals surface area contributed by atoms with Crippen LogP contribution in [0.1, 0.15) is 13.3 Å². The van der Waals surface area contributed by atoms with Gasteiger partial charge >= 0.3 is 0 Å². The maximum absolute atomic E-state index is 11.5. The summed E-state index contributed by atoms with van der Waals surface area (Å²) in [5.74, 6) is 0.237. The summed E-state index contributed by atoms with van der Waals surface area (Å²) >= 11 is 3.08. The van der Waals surface area contributed by atoms with Crippen LogP contribution in [0.2, 0.25) is 0 Å². The van der Waals surface area contributed by atoms with Crippen molar-refractivity contribution in [2.75, 3.05) is 11.5 Å². The monoisotopic (exact) mass is 308 g/mol. The summed E-state index contributed by atoms with van der Waals surface area (Å²) in [5, 5.41) is 0. The van der Waals surface area contributed by atoms with Crippen molar-refractivity contribution in [3.05, 3.63) is 27.4 Å². The van der Waals surface area contributed by atoms with Gasteiger partial charge in [0, 0.05) is 18.5 Å². The molecule has 16 heavy (non-hydrogen) atoms. The molecule has 0 unspecified atom stereocenters. The van der Waals surface area contributed by atoms with Crippen LogP contribution < -0.4 is 5.56 Å². The molecular formula is C9H13BrN2O3S. The highest BCUT2D eigenvalue weighted by atomic mass is 79.9. The topological polar surface area (TPSA) is 69.0 Å². The second-order valence-corrected chi connectivity index (χ2v) is 6.66. The quantitative estimate of drug-likeness (QED) is 0.808. The van der Waals surface area contributed by atoms with Crippen LogP contribution in [0.5, 0.6) is 0 Å². The summed E-state index contributed by atoms with van der Waals surface area (Å²) < 4.78 is 24.2. The van der Waals surface area contributed by atoms with E-state index < -0.39 is 9.84 Å². The number of hydrogen-bond donors (Lipinski definition) is 0. The van der Waals surface area contributed by atoms with Crippen molar-refractivity contribution >= 4 is 25.8 Å². The molecule has 0 aliphatic carbocycles. The smallest absolute Gasteiger partial charge is 0.267 e. The Morgan fingerprint density at radius 2 is 2.19 bits per heavy atom. The molecule has 5 nitrogen and oxygen atoms in total. The molecule has 0 aliphatic rings. The van der Waals surface area contributed by atoms with Crippen molar-refractivity contribution in [2.24, 2.45) is 0 Å². The number of rotatable bonds is 5. The molecule has 0 N–H and O–H groups in total. The van der Waals surface area contributed by atoms with Gasteiger partial charge in [-0.3, -0.25) is 9.36 Å². The van der Waals surface area contributed by atoms with E-state index in [9.17, 15) is 13.2 Å². The van der Waals surface area contributed by atoms with Crippen LogP contribution in [0.15, 0.2) is 21.8 Å². The summed E-state index contributed by atoms with van der Waals surface area (Å²) in [6.07, 6.45) is 3.25. The predicted octanol–water partition coefficient (Wildman–Crippen LogP) is 0.831. The van der Waals surface area contributed by atoms with E-state index in [-0.39, 0.29) is 17.1 Å². The molecule has 1 heterocycles. The Balaban J connectivity index is 2.63. The van der Waals surface area contributed by atoms with E-state index in [2.05, 4.69) is 20.9 Å². The maximum atomic E-state index is 11.5. The van der Waals surface area contributed by atoms with Gasteiger partial charge in [0.25, 0.3) is 5.56 Å². The molecule has 1 rings (SSSR count). The van der Waals surface area contributed by atoms with Crippen molar-refractivity contribution < 1.29 is 8.42 Å². The highest BCUT2D eigenvalue weighted by Gasteiger charge is 2.07. The van der Waals surface area contributed by atoms with Gasteiger partial charge in [-0.15, -0.1) is 0 Å². The lowest BCUT2D eigenvalue weighted by Gasteiger charge is -2.05. The Kier molecular flexibility index (Phi) is 4.67. The third kappa shape index (κ3) is 3.71. The Hall–Kier alpha value is -0.690. The number of sulfone groups is 1. The van der Waals surface area contributed by atoms with Crippen LogP contribution >= 0.6 is 15.9 Å². The number of aryl methyl sites for hydroxylation is 1.